The molecule has 0 heterocycles. The molecule has 0 bridgehead atoms. The lowest BCUT2D eigenvalue weighted by molar-refractivity contribution is -0.148. The molecule has 0 unspecified atom stereocenters. The number of aliphatic carboxylic acids is 1. The van der Waals surface area contributed by atoms with E-state index in [9.17, 15) is 9.59 Å². The Morgan fingerprint density at radius 1 is 1.31 bits per heavy atom. The number of Topliss-reactive ketones (excluding diaryl/α,β-unsaturated/α-hetero) is 1. The number of unbranched alkanes of at least 4 members (excludes halogenated alkanes) is 2. The molecule has 1 fully saturated rings. The Balaban J connectivity index is 2.35. The van der Waals surface area contributed by atoms with Crippen LogP contribution in [0.15, 0.2) is 0 Å². The van der Waals surface area contributed by atoms with Gasteiger partial charge in [-0.25, -0.2) is 0 Å². The molecule has 0 atom stereocenters. The Morgan fingerprint density at radius 2 is 1.92 bits per heavy atom. The minimum Gasteiger partial charge on any atom is -0.480 e. The third kappa shape index (κ3) is 2.08. The van der Waals surface area contributed by atoms with Gasteiger partial charge in [-0.2, -0.15) is 0 Å². The second-order valence-electron chi connectivity index (χ2n) is 3.77. The van der Waals surface area contributed by atoms with E-state index in [0.717, 1.165) is 19.3 Å². The lowest BCUT2D eigenvalue weighted by Crippen LogP contribution is -2.25. The van der Waals surface area contributed by atoms with Crippen LogP contribution in [0.25, 0.3) is 0 Å². The van der Waals surface area contributed by atoms with Gasteiger partial charge in [-0.3, -0.25) is 9.59 Å². The zero-order valence-corrected chi connectivity index (χ0v) is 8.01. The Labute approximate surface area is 78.1 Å². The first-order valence-corrected chi connectivity index (χ1v) is 4.90. The van der Waals surface area contributed by atoms with Gasteiger partial charge in [0.2, 0.25) is 0 Å². The molecule has 0 aromatic carbocycles. The molecule has 0 spiro atoms. The third-order valence-corrected chi connectivity index (χ3v) is 2.70. The Bertz CT molecular complexity index is 216. The molecule has 1 saturated carbocycles. The van der Waals surface area contributed by atoms with Crippen LogP contribution >= 0.6 is 0 Å². The van der Waals surface area contributed by atoms with Gasteiger partial charge in [-0.15, -0.1) is 0 Å². The van der Waals surface area contributed by atoms with Gasteiger partial charge >= 0.3 is 5.97 Å². The van der Waals surface area contributed by atoms with Gasteiger partial charge in [-0.1, -0.05) is 19.8 Å². The van der Waals surface area contributed by atoms with E-state index in [1.807, 2.05) is 0 Å². The van der Waals surface area contributed by atoms with Crippen LogP contribution < -0.4 is 0 Å². The molecule has 0 aromatic rings. The number of rotatable bonds is 6. The Hall–Kier alpha value is -0.860. The number of carboxylic acids is 1. The van der Waals surface area contributed by atoms with Crippen LogP contribution in [-0.2, 0) is 9.59 Å². The molecule has 0 saturated heterocycles. The monoisotopic (exact) mass is 184 g/mol. The van der Waals surface area contributed by atoms with Crippen LogP contribution in [-0.4, -0.2) is 16.9 Å². The summed E-state index contributed by atoms with van der Waals surface area (Å²) < 4.78 is 0. The van der Waals surface area contributed by atoms with Gasteiger partial charge in [-0.05, 0) is 19.3 Å². The van der Waals surface area contributed by atoms with Crippen LogP contribution in [0.4, 0.5) is 0 Å². The smallest absolute Gasteiger partial charge is 0.317 e. The van der Waals surface area contributed by atoms with Crippen LogP contribution in [0, 0.1) is 5.41 Å². The lowest BCUT2D eigenvalue weighted by atomic mass is 9.96. The first-order chi connectivity index (χ1) is 6.13. The number of carboxylic acid groups (broad SMARTS) is 1. The molecule has 1 rings (SSSR count). The van der Waals surface area contributed by atoms with Gasteiger partial charge in [0.25, 0.3) is 0 Å². The maximum atomic E-state index is 11.5. The normalized spacial score (nSPS) is 18.2. The zero-order valence-electron chi connectivity index (χ0n) is 8.01. The van der Waals surface area contributed by atoms with E-state index in [1.54, 1.807) is 0 Å². The summed E-state index contributed by atoms with van der Waals surface area (Å²) in [4.78, 5) is 22.2. The molecule has 1 aliphatic rings. The van der Waals surface area contributed by atoms with Crippen molar-refractivity contribution in [1.82, 2.24) is 0 Å². The van der Waals surface area contributed by atoms with E-state index in [-0.39, 0.29) is 5.78 Å². The van der Waals surface area contributed by atoms with Gasteiger partial charge in [0.15, 0.2) is 0 Å². The predicted octanol–water partition coefficient (Wildman–Crippen LogP) is 2.00. The molecule has 13 heavy (non-hydrogen) atoms. The molecule has 3 heteroatoms. The maximum absolute atomic E-state index is 11.5. The summed E-state index contributed by atoms with van der Waals surface area (Å²) >= 11 is 0. The number of hydrogen-bond donors (Lipinski definition) is 1. The quantitative estimate of drug-likeness (QED) is 0.507. The maximum Gasteiger partial charge on any atom is 0.317 e. The van der Waals surface area contributed by atoms with Crippen molar-refractivity contribution in [3.63, 3.8) is 0 Å². The standard InChI is InChI=1S/C10H16O3/c1-2-3-4-5-8(11)10(6-7-10)9(12)13/h2-7H2,1H3,(H,12,13). The fourth-order valence-electron chi connectivity index (χ4n) is 1.51. The second-order valence-corrected chi connectivity index (χ2v) is 3.77. The average Bonchev–Trinajstić information content (AvgIpc) is 2.84. The zero-order chi connectivity index (χ0) is 9.90. The van der Waals surface area contributed by atoms with E-state index in [2.05, 4.69) is 6.92 Å². The van der Waals surface area contributed by atoms with Crippen LogP contribution in [0.3, 0.4) is 0 Å². The van der Waals surface area contributed by atoms with Crippen LogP contribution in [0.1, 0.15) is 45.4 Å². The van der Waals surface area contributed by atoms with E-state index >= 15 is 0 Å². The second kappa shape index (κ2) is 3.90. The van der Waals surface area contributed by atoms with Crippen molar-refractivity contribution < 1.29 is 14.7 Å². The van der Waals surface area contributed by atoms with Crippen molar-refractivity contribution >= 4 is 11.8 Å². The van der Waals surface area contributed by atoms with Crippen molar-refractivity contribution in [3.05, 3.63) is 0 Å². The highest BCUT2D eigenvalue weighted by molar-refractivity contribution is 6.05. The topological polar surface area (TPSA) is 54.4 Å². The van der Waals surface area contributed by atoms with Gasteiger partial charge in [0.05, 0.1) is 0 Å². The van der Waals surface area contributed by atoms with Crippen molar-refractivity contribution in [1.29, 1.82) is 0 Å². The molecule has 0 amide bonds. The van der Waals surface area contributed by atoms with Crippen LogP contribution in [0.2, 0.25) is 0 Å². The minimum atomic E-state index is -0.965. The highest BCUT2D eigenvalue weighted by atomic mass is 16.4. The molecular formula is C10H16O3. The summed E-state index contributed by atoms with van der Waals surface area (Å²) in [5, 5.41) is 8.81. The number of hydrogen-bond acceptors (Lipinski definition) is 2. The van der Waals surface area contributed by atoms with Gasteiger partial charge in [0, 0.05) is 6.42 Å². The number of carbonyl (C=O) groups excluding carboxylic acids is 1. The molecule has 0 aliphatic heterocycles. The summed E-state index contributed by atoms with van der Waals surface area (Å²) in [6.07, 6.45) is 4.46. The lowest BCUT2D eigenvalue weighted by Gasteiger charge is -2.07. The minimum absolute atomic E-state index is 0.0616. The van der Waals surface area contributed by atoms with E-state index in [0.29, 0.717) is 19.3 Å². The van der Waals surface area contributed by atoms with Gasteiger partial charge in [0.1, 0.15) is 11.2 Å². The van der Waals surface area contributed by atoms with Crippen LogP contribution in [0.5, 0.6) is 0 Å². The highest BCUT2D eigenvalue weighted by Crippen LogP contribution is 2.47. The van der Waals surface area contributed by atoms with Crippen molar-refractivity contribution in [2.45, 2.75) is 45.4 Å². The summed E-state index contributed by atoms with van der Waals surface area (Å²) in [5.41, 5.74) is -0.965. The molecule has 1 N–H and O–H groups in total. The SMILES string of the molecule is CCCCCC(=O)C1(C(=O)O)CC1. The van der Waals surface area contributed by atoms with E-state index in [1.165, 1.54) is 0 Å². The van der Waals surface area contributed by atoms with E-state index in [4.69, 9.17) is 5.11 Å². The van der Waals surface area contributed by atoms with Crippen molar-refractivity contribution in [2.24, 2.45) is 5.41 Å². The Kier molecular flexibility index (Phi) is 3.07. The molecule has 0 aromatic heterocycles. The molecule has 3 nitrogen and oxygen atoms in total. The molecule has 0 radical (unpaired) electrons. The molecule has 74 valence electrons. The summed E-state index contributed by atoms with van der Waals surface area (Å²) in [6.45, 7) is 2.06. The average molecular weight is 184 g/mol. The van der Waals surface area contributed by atoms with Gasteiger partial charge < -0.3 is 5.11 Å². The van der Waals surface area contributed by atoms with Crippen molar-refractivity contribution in [2.75, 3.05) is 0 Å². The first kappa shape index (κ1) is 10.2. The summed E-state index contributed by atoms with van der Waals surface area (Å²) in [5.74, 6) is -0.984. The predicted molar refractivity (Wildman–Crippen MR) is 48.5 cm³/mol. The molecule has 1 aliphatic carbocycles. The van der Waals surface area contributed by atoms with E-state index < -0.39 is 11.4 Å². The van der Waals surface area contributed by atoms with Crippen molar-refractivity contribution in [3.8, 4) is 0 Å². The number of ketones is 1. The summed E-state index contributed by atoms with van der Waals surface area (Å²) in [7, 11) is 0. The first-order valence-electron chi connectivity index (χ1n) is 4.90. The number of carbonyl (C=O) groups is 2. The summed E-state index contributed by atoms with van der Waals surface area (Å²) in [6, 6.07) is 0. The highest BCUT2D eigenvalue weighted by Gasteiger charge is 2.55. The fraction of sp³-hybridized carbons (Fsp3) is 0.800. The Morgan fingerprint density at radius 3 is 2.31 bits per heavy atom. The largest absolute Gasteiger partial charge is 0.480 e. The third-order valence-electron chi connectivity index (χ3n) is 2.70. The fourth-order valence-corrected chi connectivity index (χ4v) is 1.51. The molecular weight excluding hydrogens is 168 g/mol.